The van der Waals surface area contributed by atoms with Gasteiger partial charge in [0.1, 0.15) is 11.5 Å². The number of hydrogen-bond acceptors (Lipinski definition) is 3. The minimum Gasteiger partial charge on any atom is -0.496 e. The van der Waals surface area contributed by atoms with Crippen LogP contribution in [0.2, 0.25) is 0 Å². The van der Waals surface area contributed by atoms with Crippen molar-refractivity contribution in [2.75, 3.05) is 7.11 Å². The fraction of sp³-hybridized carbons (Fsp3) is 0.333. The van der Waals surface area contributed by atoms with Gasteiger partial charge >= 0.3 is 0 Å². The first kappa shape index (κ1) is 14.2. The minimum atomic E-state index is 0.131. The average Bonchev–Trinajstić information content (AvgIpc) is 2.85. The molecule has 2 unspecified atom stereocenters. The predicted molar refractivity (Wildman–Crippen MR) is 79.4 cm³/mol. The van der Waals surface area contributed by atoms with E-state index in [0.29, 0.717) is 0 Å². The molecule has 0 fully saturated rings. The first-order chi connectivity index (χ1) is 9.11. The lowest BCUT2D eigenvalue weighted by molar-refractivity contribution is 0.375. The van der Waals surface area contributed by atoms with E-state index >= 15 is 0 Å². The van der Waals surface area contributed by atoms with Crippen LogP contribution in [0.5, 0.6) is 5.75 Å². The molecule has 0 aliphatic heterocycles. The molecule has 2 atom stereocenters. The van der Waals surface area contributed by atoms with Crippen molar-refractivity contribution in [2.24, 2.45) is 0 Å². The van der Waals surface area contributed by atoms with Gasteiger partial charge in [0.05, 0.1) is 13.2 Å². The molecule has 3 nitrogen and oxygen atoms in total. The van der Waals surface area contributed by atoms with Crippen molar-refractivity contribution >= 4 is 15.9 Å². The van der Waals surface area contributed by atoms with Crippen LogP contribution in [-0.2, 0) is 0 Å². The molecular formula is C15H18BrNO2. The number of ether oxygens (including phenoxy) is 1. The summed E-state index contributed by atoms with van der Waals surface area (Å²) in [4.78, 5) is 0. The Kier molecular flexibility index (Phi) is 4.66. The molecule has 0 spiro atoms. The van der Waals surface area contributed by atoms with E-state index in [0.717, 1.165) is 21.7 Å². The first-order valence-corrected chi connectivity index (χ1v) is 7.05. The third kappa shape index (κ3) is 3.39. The molecule has 1 heterocycles. The smallest absolute Gasteiger partial charge is 0.169 e. The van der Waals surface area contributed by atoms with Crippen LogP contribution in [0.25, 0.3) is 0 Å². The second kappa shape index (κ2) is 6.26. The molecule has 0 amide bonds. The van der Waals surface area contributed by atoms with Crippen LogP contribution in [0.15, 0.2) is 45.5 Å². The van der Waals surface area contributed by atoms with Crippen molar-refractivity contribution in [1.29, 1.82) is 0 Å². The molecule has 0 radical (unpaired) electrons. The van der Waals surface area contributed by atoms with E-state index < -0.39 is 0 Å². The maximum atomic E-state index is 5.56. The quantitative estimate of drug-likeness (QED) is 0.881. The maximum absolute atomic E-state index is 5.56. The summed E-state index contributed by atoms with van der Waals surface area (Å²) >= 11 is 3.32. The summed E-state index contributed by atoms with van der Waals surface area (Å²) in [5.41, 5.74) is 1.14. The van der Waals surface area contributed by atoms with Crippen molar-refractivity contribution < 1.29 is 9.15 Å². The van der Waals surface area contributed by atoms with Gasteiger partial charge in [-0.2, -0.15) is 0 Å². The fourth-order valence-electron chi connectivity index (χ4n) is 2.13. The van der Waals surface area contributed by atoms with Crippen molar-refractivity contribution in [2.45, 2.75) is 25.9 Å². The van der Waals surface area contributed by atoms with Crippen LogP contribution in [-0.4, -0.2) is 7.11 Å². The van der Waals surface area contributed by atoms with E-state index in [2.05, 4.69) is 41.2 Å². The number of furan rings is 1. The maximum Gasteiger partial charge on any atom is 0.169 e. The molecule has 4 heteroatoms. The fourth-order valence-corrected chi connectivity index (χ4v) is 2.45. The van der Waals surface area contributed by atoms with E-state index in [1.165, 1.54) is 0 Å². The number of benzene rings is 1. The Bertz CT molecular complexity index is 538. The number of hydrogen-bond donors (Lipinski definition) is 1. The highest BCUT2D eigenvalue weighted by molar-refractivity contribution is 9.10. The van der Waals surface area contributed by atoms with Crippen molar-refractivity contribution in [1.82, 2.24) is 5.32 Å². The number of nitrogens with one attached hydrogen (secondary N) is 1. The summed E-state index contributed by atoms with van der Waals surface area (Å²) in [7, 11) is 1.69. The van der Waals surface area contributed by atoms with Crippen molar-refractivity contribution in [3.8, 4) is 5.75 Å². The number of halogens is 1. The largest absolute Gasteiger partial charge is 0.496 e. The van der Waals surface area contributed by atoms with Crippen molar-refractivity contribution in [3.05, 3.63) is 52.4 Å². The van der Waals surface area contributed by atoms with Crippen molar-refractivity contribution in [3.63, 3.8) is 0 Å². The Hall–Kier alpha value is -1.26. The highest BCUT2D eigenvalue weighted by Crippen LogP contribution is 2.27. The van der Waals surface area contributed by atoms with Gasteiger partial charge in [0.25, 0.3) is 0 Å². The van der Waals surface area contributed by atoms with Gasteiger partial charge in [0.2, 0.25) is 0 Å². The zero-order chi connectivity index (χ0) is 13.8. The van der Waals surface area contributed by atoms with E-state index in [1.54, 1.807) is 7.11 Å². The van der Waals surface area contributed by atoms with Gasteiger partial charge in [-0.05, 0) is 48.0 Å². The number of methoxy groups -OCH3 is 1. The zero-order valence-corrected chi connectivity index (χ0v) is 12.9. The van der Waals surface area contributed by atoms with Gasteiger partial charge in [-0.15, -0.1) is 0 Å². The van der Waals surface area contributed by atoms with E-state index in [4.69, 9.17) is 9.15 Å². The Labute approximate surface area is 122 Å². The lowest BCUT2D eigenvalue weighted by Crippen LogP contribution is -2.22. The SMILES string of the molecule is COc1ccccc1C(C)NC(C)c1ccc(Br)o1. The highest BCUT2D eigenvalue weighted by Gasteiger charge is 2.16. The molecule has 0 saturated heterocycles. The minimum absolute atomic E-state index is 0.131. The molecule has 1 aromatic heterocycles. The molecule has 0 aliphatic carbocycles. The van der Waals surface area contributed by atoms with Crippen LogP contribution >= 0.6 is 15.9 Å². The molecule has 2 aromatic rings. The number of rotatable bonds is 5. The van der Waals surface area contributed by atoms with Crippen LogP contribution in [0.1, 0.15) is 37.3 Å². The van der Waals surface area contributed by atoms with Gasteiger partial charge in [0.15, 0.2) is 4.67 Å². The van der Waals surface area contributed by atoms with Gasteiger partial charge < -0.3 is 14.5 Å². The van der Waals surface area contributed by atoms with Gasteiger partial charge in [-0.25, -0.2) is 0 Å². The molecule has 102 valence electrons. The monoisotopic (exact) mass is 323 g/mol. The molecule has 0 saturated carbocycles. The van der Waals surface area contributed by atoms with Gasteiger partial charge in [-0.1, -0.05) is 18.2 Å². The molecule has 0 bridgehead atoms. The average molecular weight is 324 g/mol. The highest BCUT2D eigenvalue weighted by atomic mass is 79.9. The summed E-state index contributed by atoms with van der Waals surface area (Å²) in [6.07, 6.45) is 0. The van der Waals surface area contributed by atoms with Crippen LogP contribution < -0.4 is 10.1 Å². The summed E-state index contributed by atoms with van der Waals surface area (Å²) in [5, 5.41) is 3.51. The standard InChI is InChI=1S/C15H18BrNO2/c1-10(12-6-4-5-7-14(12)18-3)17-11(2)13-8-9-15(16)19-13/h4-11,17H,1-3H3. The Morgan fingerprint density at radius 1 is 1.11 bits per heavy atom. The topological polar surface area (TPSA) is 34.4 Å². The summed E-state index contributed by atoms with van der Waals surface area (Å²) in [6.45, 7) is 4.20. The van der Waals surface area contributed by atoms with E-state index in [9.17, 15) is 0 Å². The lowest BCUT2D eigenvalue weighted by Gasteiger charge is -2.20. The molecule has 1 aromatic carbocycles. The summed E-state index contributed by atoms with van der Waals surface area (Å²) in [5.74, 6) is 1.81. The zero-order valence-electron chi connectivity index (χ0n) is 11.3. The molecule has 1 N–H and O–H groups in total. The normalized spacial score (nSPS) is 14.1. The Morgan fingerprint density at radius 3 is 2.47 bits per heavy atom. The van der Waals surface area contributed by atoms with E-state index in [1.807, 2.05) is 30.3 Å². The Balaban J connectivity index is 2.10. The third-order valence-electron chi connectivity index (χ3n) is 3.13. The molecule has 19 heavy (non-hydrogen) atoms. The van der Waals surface area contributed by atoms with Gasteiger partial charge in [-0.3, -0.25) is 0 Å². The third-order valence-corrected chi connectivity index (χ3v) is 3.55. The second-order valence-electron chi connectivity index (χ2n) is 4.49. The predicted octanol–water partition coefficient (Wildman–Crippen LogP) is 4.46. The second-order valence-corrected chi connectivity index (χ2v) is 5.28. The van der Waals surface area contributed by atoms with E-state index in [-0.39, 0.29) is 12.1 Å². The van der Waals surface area contributed by atoms with Crippen LogP contribution in [0, 0.1) is 0 Å². The van der Waals surface area contributed by atoms with Gasteiger partial charge in [0, 0.05) is 11.6 Å². The summed E-state index contributed by atoms with van der Waals surface area (Å²) in [6, 6.07) is 12.2. The lowest BCUT2D eigenvalue weighted by atomic mass is 10.1. The Morgan fingerprint density at radius 2 is 1.84 bits per heavy atom. The molecule has 2 rings (SSSR count). The molecular weight excluding hydrogens is 306 g/mol. The van der Waals surface area contributed by atoms with Crippen LogP contribution in [0.4, 0.5) is 0 Å². The summed E-state index contributed by atoms with van der Waals surface area (Å²) < 4.78 is 11.7. The van der Waals surface area contributed by atoms with Crippen LogP contribution in [0.3, 0.4) is 0 Å². The molecule has 0 aliphatic rings. The first-order valence-electron chi connectivity index (χ1n) is 6.26. The number of para-hydroxylation sites is 1.